The summed E-state index contributed by atoms with van der Waals surface area (Å²) in [6, 6.07) is 0. The summed E-state index contributed by atoms with van der Waals surface area (Å²) in [6.07, 6.45) is 1.92. The normalized spacial score (nSPS) is 11.4. The van der Waals surface area contributed by atoms with Crippen LogP contribution in [0.2, 0.25) is 0 Å². The van der Waals surface area contributed by atoms with E-state index in [1.165, 1.54) is 11.3 Å². The highest BCUT2D eigenvalue weighted by molar-refractivity contribution is 14.0. The summed E-state index contributed by atoms with van der Waals surface area (Å²) < 4.78 is 2.00. The van der Waals surface area contributed by atoms with Gasteiger partial charge >= 0.3 is 0 Å². The van der Waals surface area contributed by atoms with Crippen LogP contribution in [0.4, 0.5) is 0 Å². The fourth-order valence-electron chi connectivity index (χ4n) is 2.94. The van der Waals surface area contributed by atoms with Crippen molar-refractivity contribution in [1.29, 1.82) is 0 Å². The molecule has 0 radical (unpaired) electrons. The molecule has 2 heterocycles. The number of aliphatic imine (C=N–C) groups is 1. The third kappa shape index (κ3) is 5.40. The van der Waals surface area contributed by atoms with E-state index in [4.69, 9.17) is 0 Å². The Morgan fingerprint density at radius 2 is 2.08 bits per heavy atom. The highest BCUT2D eigenvalue weighted by Gasteiger charge is 2.15. The smallest absolute Gasteiger partial charge is 0.194 e. The van der Waals surface area contributed by atoms with Gasteiger partial charge in [0, 0.05) is 44.3 Å². The Bertz CT molecular complexity index is 706. The van der Waals surface area contributed by atoms with Gasteiger partial charge in [0.2, 0.25) is 0 Å². The van der Waals surface area contributed by atoms with Crippen LogP contribution in [-0.4, -0.2) is 39.7 Å². The molecule has 0 aliphatic heterocycles. The molecule has 2 aromatic rings. The third-order valence-electron chi connectivity index (χ3n) is 4.09. The zero-order valence-corrected chi connectivity index (χ0v) is 19.1. The molecule has 0 atom stereocenters. The number of aryl methyl sites for hydroxylation is 3. The van der Waals surface area contributed by atoms with E-state index in [1.54, 1.807) is 11.3 Å². The fourth-order valence-corrected chi connectivity index (χ4v) is 3.55. The summed E-state index contributed by atoms with van der Waals surface area (Å²) >= 11 is 1.68. The zero-order chi connectivity index (χ0) is 17.7. The molecule has 0 aliphatic rings. The lowest BCUT2D eigenvalue weighted by molar-refractivity contribution is 0.470. The lowest BCUT2D eigenvalue weighted by Gasteiger charge is -2.21. The first-order valence-electron chi connectivity index (χ1n) is 8.36. The summed E-state index contributed by atoms with van der Waals surface area (Å²) in [5, 5.41) is 11.3. The molecule has 0 aromatic carbocycles. The third-order valence-corrected chi connectivity index (χ3v) is 4.91. The molecule has 8 heteroatoms. The standard InChI is InChI=1S/C17H28N6S.HI/c1-7-15-14(16(8-2)23(6)21-15)9-19-17(18-4)22(5)10-13-11-24-12(3)20-13;/h11H,7-10H2,1-6H3,(H,18,19);1H. The molecule has 6 nitrogen and oxygen atoms in total. The van der Waals surface area contributed by atoms with E-state index in [0.29, 0.717) is 0 Å². The minimum Gasteiger partial charge on any atom is -0.352 e. The van der Waals surface area contributed by atoms with E-state index < -0.39 is 0 Å². The average molecular weight is 476 g/mol. The summed E-state index contributed by atoms with van der Waals surface area (Å²) in [6.45, 7) is 7.84. The predicted molar refractivity (Wildman–Crippen MR) is 116 cm³/mol. The second kappa shape index (κ2) is 10.1. The van der Waals surface area contributed by atoms with Crippen molar-refractivity contribution in [2.75, 3.05) is 14.1 Å². The van der Waals surface area contributed by atoms with Crippen LogP contribution < -0.4 is 5.32 Å². The van der Waals surface area contributed by atoms with E-state index in [9.17, 15) is 0 Å². The largest absolute Gasteiger partial charge is 0.352 e. The van der Waals surface area contributed by atoms with Crippen LogP contribution in [0, 0.1) is 6.92 Å². The van der Waals surface area contributed by atoms with Crippen LogP contribution >= 0.6 is 35.3 Å². The molecule has 25 heavy (non-hydrogen) atoms. The van der Waals surface area contributed by atoms with Crippen molar-refractivity contribution in [3.8, 4) is 0 Å². The number of hydrogen-bond donors (Lipinski definition) is 1. The zero-order valence-electron chi connectivity index (χ0n) is 16.0. The molecule has 1 N–H and O–H groups in total. The monoisotopic (exact) mass is 476 g/mol. The van der Waals surface area contributed by atoms with Crippen LogP contribution in [0.15, 0.2) is 10.4 Å². The molecule has 140 valence electrons. The van der Waals surface area contributed by atoms with Crippen molar-refractivity contribution in [3.63, 3.8) is 0 Å². The van der Waals surface area contributed by atoms with Crippen molar-refractivity contribution >= 4 is 41.3 Å². The van der Waals surface area contributed by atoms with Crippen LogP contribution in [0.1, 0.15) is 41.5 Å². The average Bonchev–Trinajstić information content (AvgIpc) is 3.10. The topological polar surface area (TPSA) is 58.3 Å². The molecule has 2 aromatic heterocycles. The van der Waals surface area contributed by atoms with Crippen LogP contribution in [0.3, 0.4) is 0 Å². The first kappa shape index (κ1) is 21.9. The highest BCUT2D eigenvalue weighted by Crippen LogP contribution is 2.15. The molecule has 0 spiro atoms. The maximum absolute atomic E-state index is 4.63. The minimum atomic E-state index is 0. The van der Waals surface area contributed by atoms with Gasteiger partial charge in [-0.1, -0.05) is 13.8 Å². The van der Waals surface area contributed by atoms with Crippen molar-refractivity contribution in [3.05, 3.63) is 33.0 Å². The lowest BCUT2D eigenvalue weighted by Crippen LogP contribution is -2.38. The van der Waals surface area contributed by atoms with Gasteiger partial charge in [-0.3, -0.25) is 9.67 Å². The molecule has 0 amide bonds. The SMILES string of the molecule is CCc1nn(C)c(CC)c1CNC(=NC)N(C)Cc1csc(C)n1.I. The first-order valence-corrected chi connectivity index (χ1v) is 9.24. The van der Waals surface area contributed by atoms with Crippen LogP contribution in [0.5, 0.6) is 0 Å². The Labute approximate surface area is 171 Å². The lowest BCUT2D eigenvalue weighted by atomic mass is 10.1. The molecule has 0 fully saturated rings. The molecule has 0 aliphatic carbocycles. The quantitative estimate of drug-likeness (QED) is 0.396. The van der Waals surface area contributed by atoms with Crippen LogP contribution in [0.25, 0.3) is 0 Å². The Kier molecular flexibility index (Phi) is 8.84. The number of thiazole rings is 1. The van der Waals surface area contributed by atoms with Gasteiger partial charge < -0.3 is 10.2 Å². The van der Waals surface area contributed by atoms with Gasteiger partial charge in [-0.2, -0.15) is 5.10 Å². The molecule has 0 saturated carbocycles. The predicted octanol–water partition coefficient (Wildman–Crippen LogP) is 3.14. The maximum Gasteiger partial charge on any atom is 0.194 e. The highest BCUT2D eigenvalue weighted by atomic mass is 127. The van der Waals surface area contributed by atoms with Gasteiger partial charge in [-0.15, -0.1) is 35.3 Å². The van der Waals surface area contributed by atoms with Gasteiger partial charge in [0.05, 0.1) is 22.9 Å². The van der Waals surface area contributed by atoms with Gasteiger partial charge in [0.25, 0.3) is 0 Å². The maximum atomic E-state index is 4.63. The second-order valence-electron chi connectivity index (χ2n) is 5.82. The number of aromatic nitrogens is 3. The van der Waals surface area contributed by atoms with Crippen molar-refractivity contribution in [2.45, 2.75) is 46.7 Å². The van der Waals surface area contributed by atoms with Crippen molar-refractivity contribution < 1.29 is 0 Å². The van der Waals surface area contributed by atoms with Gasteiger partial charge in [0.15, 0.2) is 5.96 Å². The Hall–Kier alpha value is -1.16. The molecule has 2 rings (SSSR count). The number of rotatable bonds is 6. The fraction of sp³-hybridized carbons (Fsp3) is 0.588. The number of nitrogens with zero attached hydrogens (tertiary/aromatic N) is 5. The number of nitrogens with one attached hydrogen (secondary N) is 1. The van der Waals surface area contributed by atoms with E-state index in [1.807, 2.05) is 32.7 Å². The van der Waals surface area contributed by atoms with Gasteiger partial charge in [-0.05, 0) is 19.8 Å². The summed E-state index contributed by atoms with van der Waals surface area (Å²) in [7, 11) is 5.87. The Morgan fingerprint density at radius 3 is 2.60 bits per heavy atom. The molecule has 0 saturated heterocycles. The first-order chi connectivity index (χ1) is 11.5. The number of halogens is 1. The summed E-state index contributed by atoms with van der Waals surface area (Å²) in [5.74, 6) is 0.869. The Morgan fingerprint density at radius 1 is 1.36 bits per heavy atom. The van der Waals surface area contributed by atoms with E-state index >= 15 is 0 Å². The van der Waals surface area contributed by atoms with E-state index in [-0.39, 0.29) is 24.0 Å². The van der Waals surface area contributed by atoms with Gasteiger partial charge in [-0.25, -0.2) is 4.98 Å². The Balaban J connectivity index is 0.00000312. The minimum absolute atomic E-state index is 0. The van der Waals surface area contributed by atoms with Gasteiger partial charge in [0.1, 0.15) is 0 Å². The summed E-state index contributed by atoms with van der Waals surface area (Å²) in [5.41, 5.74) is 4.82. The second-order valence-corrected chi connectivity index (χ2v) is 6.88. The molecular formula is C17H29IN6S. The van der Waals surface area contributed by atoms with E-state index in [2.05, 4.69) is 44.5 Å². The molecule has 0 unspecified atom stereocenters. The molecular weight excluding hydrogens is 447 g/mol. The molecule has 0 bridgehead atoms. The number of guanidine groups is 1. The summed E-state index contributed by atoms with van der Waals surface area (Å²) in [4.78, 5) is 11.0. The number of hydrogen-bond acceptors (Lipinski definition) is 4. The van der Waals surface area contributed by atoms with Crippen molar-refractivity contribution in [2.24, 2.45) is 12.0 Å². The van der Waals surface area contributed by atoms with Crippen molar-refractivity contribution in [1.82, 2.24) is 25.0 Å². The van der Waals surface area contributed by atoms with Crippen LogP contribution in [-0.2, 0) is 33.0 Å². The van der Waals surface area contributed by atoms with E-state index in [0.717, 1.165) is 48.3 Å².